The van der Waals surface area contributed by atoms with Crippen LogP contribution in [-0.4, -0.2) is 30.5 Å². The van der Waals surface area contributed by atoms with Crippen LogP contribution >= 0.6 is 11.3 Å². The smallest absolute Gasteiger partial charge is 0.207 e. The molecule has 0 aliphatic rings. The van der Waals surface area contributed by atoms with Gasteiger partial charge in [0.05, 0.1) is 5.01 Å². The molecule has 0 fully saturated rings. The molecular formula is C10H16N2O2S. The Morgan fingerprint density at radius 1 is 1.67 bits per heavy atom. The maximum atomic E-state index is 11.5. The molecule has 0 atom stereocenters. The van der Waals surface area contributed by atoms with Crippen molar-refractivity contribution in [3.05, 3.63) is 16.1 Å². The number of nitrogens with two attached hydrogens (primary N) is 1. The molecule has 0 aliphatic heterocycles. The van der Waals surface area contributed by atoms with Gasteiger partial charge in [0.15, 0.2) is 0 Å². The molecule has 84 valence electrons. The summed E-state index contributed by atoms with van der Waals surface area (Å²) in [7, 11) is 0. The number of ether oxygens (including phenoxy) is 1. The Hall–Kier alpha value is -0.780. The fourth-order valence-electron chi connectivity index (χ4n) is 1.06. The summed E-state index contributed by atoms with van der Waals surface area (Å²) in [5, 5.41) is 2.68. The normalized spacial score (nSPS) is 10.5. The van der Waals surface area contributed by atoms with Crippen molar-refractivity contribution in [3.8, 4) is 0 Å². The van der Waals surface area contributed by atoms with Crippen LogP contribution in [0, 0.1) is 0 Å². The van der Waals surface area contributed by atoms with Crippen molar-refractivity contribution in [2.75, 3.05) is 19.8 Å². The topological polar surface area (TPSA) is 65.2 Å². The third-order valence-corrected chi connectivity index (χ3v) is 2.69. The van der Waals surface area contributed by atoms with E-state index in [4.69, 9.17) is 10.5 Å². The second kappa shape index (κ2) is 6.66. The molecule has 0 aliphatic carbocycles. The lowest BCUT2D eigenvalue weighted by molar-refractivity contribution is 0.0757. The van der Waals surface area contributed by atoms with Crippen LogP contribution in [0.2, 0.25) is 0 Å². The van der Waals surface area contributed by atoms with Gasteiger partial charge in [-0.25, -0.2) is 4.98 Å². The van der Waals surface area contributed by atoms with Crippen LogP contribution in [0.3, 0.4) is 0 Å². The fraction of sp³-hybridized carbons (Fsp3) is 0.600. The maximum Gasteiger partial charge on any atom is 0.207 e. The van der Waals surface area contributed by atoms with Crippen LogP contribution in [0.5, 0.6) is 0 Å². The van der Waals surface area contributed by atoms with Crippen LogP contribution in [0.25, 0.3) is 0 Å². The van der Waals surface area contributed by atoms with Crippen molar-refractivity contribution in [3.63, 3.8) is 0 Å². The van der Waals surface area contributed by atoms with E-state index in [1.807, 2.05) is 6.92 Å². The summed E-state index contributed by atoms with van der Waals surface area (Å²) in [5.74, 6) is -0.0528. The molecule has 0 saturated carbocycles. The molecule has 0 amide bonds. The monoisotopic (exact) mass is 228 g/mol. The van der Waals surface area contributed by atoms with Crippen LogP contribution in [0.1, 0.15) is 28.8 Å². The average Bonchev–Trinajstić information content (AvgIpc) is 2.67. The molecule has 0 radical (unpaired) electrons. The van der Waals surface area contributed by atoms with Crippen molar-refractivity contribution >= 4 is 17.1 Å². The summed E-state index contributed by atoms with van der Waals surface area (Å²) >= 11 is 1.47. The number of carbonyl (C=O) groups excluding carboxylic acids is 1. The second-order valence-electron chi connectivity index (χ2n) is 3.14. The van der Waals surface area contributed by atoms with E-state index in [0.29, 0.717) is 18.8 Å². The zero-order valence-corrected chi connectivity index (χ0v) is 9.68. The highest BCUT2D eigenvalue weighted by atomic mass is 32.1. The molecule has 1 aromatic heterocycles. The lowest BCUT2D eigenvalue weighted by Crippen LogP contribution is -2.10. The fourth-order valence-corrected chi connectivity index (χ4v) is 1.88. The van der Waals surface area contributed by atoms with E-state index in [2.05, 4.69) is 4.98 Å². The first-order valence-corrected chi connectivity index (χ1v) is 5.91. The quantitative estimate of drug-likeness (QED) is 0.563. The van der Waals surface area contributed by atoms with Crippen LogP contribution < -0.4 is 5.73 Å². The molecule has 15 heavy (non-hydrogen) atoms. The summed E-state index contributed by atoms with van der Waals surface area (Å²) in [6.45, 7) is 3.31. The molecule has 1 aromatic rings. The molecule has 5 heteroatoms. The lowest BCUT2D eigenvalue weighted by Gasteiger charge is -1.98. The maximum absolute atomic E-state index is 11.5. The Bertz CT molecular complexity index is 312. The number of ketones is 1. The van der Waals surface area contributed by atoms with Gasteiger partial charge >= 0.3 is 0 Å². The molecule has 0 aromatic carbocycles. The van der Waals surface area contributed by atoms with Crippen molar-refractivity contribution in [2.24, 2.45) is 5.73 Å². The highest BCUT2D eigenvalue weighted by Crippen LogP contribution is 2.10. The Morgan fingerprint density at radius 2 is 2.47 bits per heavy atom. The van der Waals surface area contributed by atoms with E-state index in [1.54, 1.807) is 5.38 Å². The zero-order chi connectivity index (χ0) is 11.1. The van der Waals surface area contributed by atoms with Gasteiger partial charge in [-0.2, -0.15) is 0 Å². The molecule has 4 nitrogen and oxygen atoms in total. The number of rotatable bonds is 7. The van der Waals surface area contributed by atoms with E-state index in [1.165, 1.54) is 11.3 Å². The zero-order valence-electron chi connectivity index (χ0n) is 8.86. The molecule has 1 rings (SSSR count). The SMILES string of the molecule is CCCOCC(=O)c1csc(CCN)n1. The Balaban J connectivity index is 2.43. The van der Waals surface area contributed by atoms with Crippen molar-refractivity contribution in [1.29, 1.82) is 0 Å². The number of nitrogens with zero attached hydrogens (tertiary/aromatic N) is 1. The Morgan fingerprint density at radius 3 is 3.13 bits per heavy atom. The van der Waals surface area contributed by atoms with E-state index in [9.17, 15) is 4.79 Å². The first-order valence-electron chi connectivity index (χ1n) is 5.03. The highest BCUT2D eigenvalue weighted by Gasteiger charge is 2.10. The second-order valence-corrected chi connectivity index (χ2v) is 4.08. The molecule has 1 heterocycles. The van der Waals surface area contributed by atoms with E-state index in [0.717, 1.165) is 17.8 Å². The van der Waals surface area contributed by atoms with E-state index in [-0.39, 0.29) is 12.4 Å². The summed E-state index contributed by atoms with van der Waals surface area (Å²) in [5.41, 5.74) is 5.90. The largest absolute Gasteiger partial charge is 0.373 e. The number of thiazole rings is 1. The number of hydrogen-bond acceptors (Lipinski definition) is 5. The first kappa shape index (κ1) is 12.3. The molecule has 0 saturated heterocycles. The van der Waals surface area contributed by atoms with Crippen molar-refractivity contribution < 1.29 is 9.53 Å². The molecule has 0 unspecified atom stereocenters. The molecule has 2 N–H and O–H groups in total. The third-order valence-electron chi connectivity index (χ3n) is 1.78. The predicted molar refractivity (Wildman–Crippen MR) is 60.3 cm³/mol. The van der Waals surface area contributed by atoms with Gasteiger partial charge in [-0.1, -0.05) is 6.92 Å². The van der Waals surface area contributed by atoms with Gasteiger partial charge in [0, 0.05) is 18.4 Å². The van der Waals surface area contributed by atoms with Crippen molar-refractivity contribution in [1.82, 2.24) is 4.98 Å². The van der Waals surface area contributed by atoms with Gasteiger partial charge in [-0.15, -0.1) is 11.3 Å². The number of carbonyl (C=O) groups is 1. The standard InChI is InChI=1S/C10H16N2O2S/c1-2-5-14-6-9(13)8-7-15-10(12-8)3-4-11/h7H,2-6,11H2,1H3. The average molecular weight is 228 g/mol. The lowest BCUT2D eigenvalue weighted by atomic mass is 10.3. The van der Waals surface area contributed by atoms with Crippen LogP contribution in [-0.2, 0) is 11.2 Å². The van der Waals surface area contributed by atoms with Gasteiger partial charge in [-0.3, -0.25) is 4.79 Å². The van der Waals surface area contributed by atoms with E-state index >= 15 is 0 Å². The number of aromatic nitrogens is 1. The van der Waals surface area contributed by atoms with Crippen LogP contribution in [0.4, 0.5) is 0 Å². The van der Waals surface area contributed by atoms with Gasteiger partial charge in [-0.05, 0) is 13.0 Å². The van der Waals surface area contributed by atoms with Gasteiger partial charge in [0.2, 0.25) is 5.78 Å². The number of hydrogen-bond donors (Lipinski definition) is 1. The minimum absolute atomic E-state index is 0.0528. The van der Waals surface area contributed by atoms with E-state index < -0.39 is 0 Å². The number of Topliss-reactive ketones (excluding diaryl/α,β-unsaturated/α-hetero) is 1. The first-order chi connectivity index (χ1) is 7.27. The summed E-state index contributed by atoms with van der Waals surface area (Å²) in [4.78, 5) is 15.7. The predicted octanol–water partition coefficient (Wildman–Crippen LogP) is 1.25. The molecule has 0 bridgehead atoms. The summed E-state index contributed by atoms with van der Waals surface area (Å²) in [6.07, 6.45) is 1.65. The summed E-state index contributed by atoms with van der Waals surface area (Å²) < 4.78 is 5.16. The molecular weight excluding hydrogens is 212 g/mol. The van der Waals surface area contributed by atoms with Crippen molar-refractivity contribution in [2.45, 2.75) is 19.8 Å². The Kier molecular flexibility index (Phi) is 5.45. The van der Waals surface area contributed by atoms with Gasteiger partial charge in [0.25, 0.3) is 0 Å². The minimum Gasteiger partial charge on any atom is -0.373 e. The minimum atomic E-state index is -0.0528. The van der Waals surface area contributed by atoms with Gasteiger partial charge < -0.3 is 10.5 Å². The van der Waals surface area contributed by atoms with Gasteiger partial charge in [0.1, 0.15) is 12.3 Å². The third kappa shape index (κ3) is 4.07. The molecule has 0 spiro atoms. The summed E-state index contributed by atoms with van der Waals surface area (Å²) in [6, 6.07) is 0. The Labute approximate surface area is 93.5 Å². The van der Waals surface area contributed by atoms with Crippen LogP contribution in [0.15, 0.2) is 5.38 Å². The highest BCUT2D eigenvalue weighted by molar-refractivity contribution is 7.09.